The largest absolute Gasteiger partial charge is 0.356 e. The standard InChI is InChI=1S/C21H28N4O3S/c1-29(27,28)17-7-8-19-18(13-17)20(23-14-22-19)25-11-9-16(10-12-25)24-21(26)15-5-3-2-4-6-15/h7-8,13-16H,2-6,9-12H2,1H3,(H,24,26). The van der Waals surface area contributed by atoms with Gasteiger partial charge in [-0.1, -0.05) is 19.3 Å². The SMILES string of the molecule is CS(=O)(=O)c1ccc2ncnc(N3CCC(NC(=O)C4CCCCC4)CC3)c2c1. The molecular formula is C21H28N4O3S. The molecule has 0 spiro atoms. The summed E-state index contributed by atoms with van der Waals surface area (Å²) in [6.45, 7) is 1.54. The van der Waals surface area contributed by atoms with Gasteiger partial charge in [0.15, 0.2) is 9.84 Å². The van der Waals surface area contributed by atoms with Crippen LogP contribution in [-0.4, -0.2) is 49.7 Å². The average Bonchev–Trinajstić information content (AvgIpc) is 2.73. The maximum absolute atomic E-state index is 12.5. The van der Waals surface area contributed by atoms with Gasteiger partial charge < -0.3 is 10.2 Å². The first-order valence-electron chi connectivity index (χ1n) is 10.4. The highest BCUT2D eigenvalue weighted by Gasteiger charge is 2.27. The zero-order chi connectivity index (χ0) is 20.4. The molecule has 0 radical (unpaired) electrons. The quantitative estimate of drug-likeness (QED) is 0.824. The van der Waals surface area contributed by atoms with Gasteiger partial charge in [0.2, 0.25) is 5.91 Å². The van der Waals surface area contributed by atoms with Gasteiger partial charge in [0.05, 0.1) is 10.4 Å². The van der Waals surface area contributed by atoms with Crippen LogP contribution in [0.2, 0.25) is 0 Å². The normalized spacial score (nSPS) is 19.4. The molecule has 1 aliphatic carbocycles. The number of carbonyl (C=O) groups excluding carboxylic acids is 1. The number of nitrogens with one attached hydrogen (secondary N) is 1. The van der Waals surface area contributed by atoms with Gasteiger partial charge in [0, 0.05) is 36.7 Å². The monoisotopic (exact) mass is 416 g/mol. The van der Waals surface area contributed by atoms with E-state index < -0.39 is 9.84 Å². The van der Waals surface area contributed by atoms with Crippen molar-refractivity contribution < 1.29 is 13.2 Å². The molecule has 1 N–H and O–H groups in total. The Morgan fingerprint density at radius 3 is 2.48 bits per heavy atom. The van der Waals surface area contributed by atoms with Gasteiger partial charge in [0.25, 0.3) is 0 Å². The number of anilines is 1. The van der Waals surface area contributed by atoms with Crippen LogP contribution in [-0.2, 0) is 14.6 Å². The molecule has 2 aliphatic rings. The van der Waals surface area contributed by atoms with Crippen molar-refractivity contribution in [1.29, 1.82) is 0 Å². The molecule has 156 valence electrons. The van der Waals surface area contributed by atoms with Crippen LogP contribution in [0.3, 0.4) is 0 Å². The molecule has 29 heavy (non-hydrogen) atoms. The second-order valence-corrected chi connectivity index (χ2v) is 10.3. The lowest BCUT2D eigenvalue weighted by Crippen LogP contribution is -2.46. The predicted molar refractivity (Wildman–Crippen MR) is 113 cm³/mol. The molecule has 7 nitrogen and oxygen atoms in total. The van der Waals surface area contributed by atoms with Crippen LogP contribution in [0.15, 0.2) is 29.4 Å². The van der Waals surface area contributed by atoms with E-state index in [0.717, 1.165) is 68.3 Å². The van der Waals surface area contributed by atoms with E-state index in [2.05, 4.69) is 20.2 Å². The smallest absolute Gasteiger partial charge is 0.223 e. The Bertz CT molecular complexity index is 994. The summed E-state index contributed by atoms with van der Waals surface area (Å²) in [5, 5.41) is 4.00. The summed E-state index contributed by atoms with van der Waals surface area (Å²) in [5.41, 5.74) is 0.732. The van der Waals surface area contributed by atoms with Gasteiger partial charge in [-0.2, -0.15) is 0 Å². The van der Waals surface area contributed by atoms with Crippen molar-refractivity contribution in [1.82, 2.24) is 15.3 Å². The number of fused-ring (bicyclic) bond motifs is 1. The first-order valence-corrected chi connectivity index (χ1v) is 12.3. The number of nitrogens with zero attached hydrogens (tertiary/aromatic N) is 3. The van der Waals surface area contributed by atoms with Crippen molar-refractivity contribution in [2.75, 3.05) is 24.2 Å². The van der Waals surface area contributed by atoms with Gasteiger partial charge in [-0.3, -0.25) is 4.79 Å². The minimum atomic E-state index is -3.30. The Balaban J connectivity index is 1.45. The number of carbonyl (C=O) groups is 1. The van der Waals surface area contributed by atoms with Crippen LogP contribution in [0.25, 0.3) is 10.9 Å². The average molecular weight is 417 g/mol. The molecule has 1 aromatic heterocycles. The summed E-state index contributed by atoms with van der Waals surface area (Å²) in [5.74, 6) is 1.16. The van der Waals surface area contributed by atoms with Crippen LogP contribution < -0.4 is 10.2 Å². The van der Waals surface area contributed by atoms with Crippen LogP contribution in [0, 0.1) is 5.92 Å². The molecule has 2 fully saturated rings. The minimum Gasteiger partial charge on any atom is -0.356 e. The highest BCUT2D eigenvalue weighted by Crippen LogP contribution is 2.28. The number of piperidine rings is 1. The zero-order valence-corrected chi connectivity index (χ0v) is 17.6. The van der Waals surface area contributed by atoms with Crippen molar-refractivity contribution in [2.24, 2.45) is 5.92 Å². The van der Waals surface area contributed by atoms with E-state index in [4.69, 9.17) is 0 Å². The highest BCUT2D eigenvalue weighted by atomic mass is 32.2. The third-order valence-corrected chi connectivity index (χ3v) is 7.24. The van der Waals surface area contributed by atoms with E-state index >= 15 is 0 Å². The van der Waals surface area contributed by atoms with E-state index in [1.807, 2.05) is 0 Å². The van der Waals surface area contributed by atoms with E-state index in [9.17, 15) is 13.2 Å². The summed E-state index contributed by atoms with van der Waals surface area (Å²) in [6, 6.07) is 5.17. The first-order chi connectivity index (χ1) is 13.9. The zero-order valence-electron chi connectivity index (χ0n) is 16.8. The van der Waals surface area contributed by atoms with Crippen molar-refractivity contribution >= 4 is 32.5 Å². The highest BCUT2D eigenvalue weighted by molar-refractivity contribution is 7.90. The Morgan fingerprint density at radius 2 is 1.79 bits per heavy atom. The molecular weight excluding hydrogens is 388 g/mol. The Morgan fingerprint density at radius 1 is 1.07 bits per heavy atom. The molecule has 2 heterocycles. The van der Waals surface area contributed by atoms with Gasteiger partial charge in [0.1, 0.15) is 12.1 Å². The fourth-order valence-electron chi connectivity index (χ4n) is 4.42. The molecule has 1 amide bonds. The molecule has 2 aromatic rings. The molecule has 1 saturated heterocycles. The minimum absolute atomic E-state index is 0.182. The second kappa shape index (κ2) is 8.26. The molecule has 8 heteroatoms. The number of rotatable bonds is 4. The van der Waals surface area contributed by atoms with Crippen LogP contribution in [0.5, 0.6) is 0 Å². The number of amides is 1. The second-order valence-electron chi connectivity index (χ2n) is 8.25. The van der Waals surface area contributed by atoms with Gasteiger partial charge in [-0.25, -0.2) is 18.4 Å². The molecule has 1 saturated carbocycles. The molecule has 1 aliphatic heterocycles. The van der Waals surface area contributed by atoms with Crippen molar-refractivity contribution in [2.45, 2.75) is 55.9 Å². The van der Waals surface area contributed by atoms with Crippen molar-refractivity contribution in [3.63, 3.8) is 0 Å². The van der Waals surface area contributed by atoms with Gasteiger partial charge in [-0.05, 0) is 43.9 Å². The summed E-state index contributed by atoms with van der Waals surface area (Å²) in [4.78, 5) is 23.7. The number of benzene rings is 1. The van der Waals surface area contributed by atoms with E-state index in [0.29, 0.717) is 0 Å². The molecule has 4 rings (SSSR count). The lowest BCUT2D eigenvalue weighted by atomic mass is 9.88. The van der Waals surface area contributed by atoms with E-state index in [-0.39, 0.29) is 22.8 Å². The van der Waals surface area contributed by atoms with Gasteiger partial charge >= 0.3 is 0 Å². The van der Waals surface area contributed by atoms with E-state index in [1.165, 1.54) is 19.0 Å². The van der Waals surface area contributed by atoms with E-state index in [1.54, 1.807) is 18.2 Å². The third-order valence-electron chi connectivity index (χ3n) is 6.13. The fraction of sp³-hybridized carbons (Fsp3) is 0.571. The lowest BCUT2D eigenvalue weighted by molar-refractivity contribution is -0.126. The summed E-state index contributed by atoms with van der Waals surface area (Å²) in [7, 11) is -3.30. The van der Waals surface area contributed by atoms with Crippen molar-refractivity contribution in [3.05, 3.63) is 24.5 Å². The number of hydrogen-bond acceptors (Lipinski definition) is 6. The molecule has 0 atom stereocenters. The molecule has 1 aromatic carbocycles. The maximum Gasteiger partial charge on any atom is 0.223 e. The number of aromatic nitrogens is 2. The topological polar surface area (TPSA) is 92.3 Å². The lowest BCUT2D eigenvalue weighted by Gasteiger charge is -2.34. The number of sulfone groups is 1. The van der Waals surface area contributed by atoms with Crippen molar-refractivity contribution in [3.8, 4) is 0 Å². The summed E-state index contributed by atoms with van der Waals surface area (Å²) >= 11 is 0. The number of hydrogen-bond donors (Lipinski definition) is 1. The predicted octanol–water partition coefficient (Wildman–Crippen LogP) is 2.70. The maximum atomic E-state index is 12.5. The molecule has 0 bridgehead atoms. The van der Waals surface area contributed by atoms with Crippen LogP contribution in [0.1, 0.15) is 44.9 Å². The fourth-order valence-corrected chi connectivity index (χ4v) is 5.07. The van der Waals surface area contributed by atoms with Crippen LogP contribution >= 0.6 is 0 Å². The summed E-state index contributed by atoms with van der Waals surface area (Å²) in [6.07, 6.45) is 10.0. The van der Waals surface area contributed by atoms with Gasteiger partial charge in [-0.15, -0.1) is 0 Å². The first kappa shape index (κ1) is 20.1. The molecule has 0 unspecified atom stereocenters. The Kier molecular flexibility index (Phi) is 5.72. The summed E-state index contributed by atoms with van der Waals surface area (Å²) < 4.78 is 23.9. The van der Waals surface area contributed by atoms with Crippen LogP contribution in [0.4, 0.5) is 5.82 Å². The Labute approximate surface area is 171 Å². The Hall–Kier alpha value is -2.22. The third kappa shape index (κ3) is 4.52.